The average molecular weight is 427 g/mol. The summed E-state index contributed by atoms with van der Waals surface area (Å²) in [6.45, 7) is 1.75. The molecule has 0 radical (unpaired) electrons. The molecule has 8 heteroatoms. The summed E-state index contributed by atoms with van der Waals surface area (Å²) in [5, 5.41) is 0. The second kappa shape index (κ2) is 7.57. The number of anilines is 1. The second-order valence-electron chi connectivity index (χ2n) is 7.77. The van der Waals surface area contributed by atoms with E-state index in [2.05, 4.69) is 4.90 Å². The maximum atomic E-state index is 13.3. The van der Waals surface area contributed by atoms with Gasteiger partial charge in [-0.2, -0.15) is 0 Å². The smallest absolute Gasteiger partial charge is 0.267 e. The third kappa shape index (κ3) is 3.28. The van der Waals surface area contributed by atoms with Gasteiger partial charge in [0.15, 0.2) is 0 Å². The molecule has 0 bridgehead atoms. The Kier molecular flexibility index (Phi) is 4.91. The van der Waals surface area contributed by atoms with Crippen LogP contribution in [-0.4, -0.2) is 43.6 Å². The van der Waals surface area contributed by atoms with Gasteiger partial charge < -0.3 is 4.90 Å². The highest BCUT2D eigenvalue weighted by Gasteiger charge is 2.38. The van der Waals surface area contributed by atoms with Crippen LogP contribution in [0.5, 0.6) is 0 Å². The van der Waals surface area contributed by atoms with Gasteiger partial charge in [-0.25, -0.2) is 4.98 Å². The first-order valence-corrected chi connectivity index (χ1v) is 11.4. The number of rotatable bonds is 3. The van der Waals surface area contributed by atoms with Gasteiger partial charge in [-0.15, -0.1) is 0 Å². The molecule has 3 aliphatic rings. The first-order chi connectivity index (χ1) is 14.1. The van der Waals surface area contributed by atoms with E-state index in [9.17, 15) is 9.59 Å². The molecule has 3 fully saturated rings. The minimum absolute atomic E-state index is 0.0724. The lowest BCUT2D eigenvalue weighted by atomic mass is 10.2. The van der Waals surface area contributed by atoms with Gasteiger partial charge in [0.25, 0.3) is 11.5 Å². The van der Waals surface area contributed by atoms with Crippen LogP contribution in [0.4, 0.5) is 5.82 Å². The van der Waals surface area contributed by atoms with Gasteiger partial charge in [0.05, 0.1) is 10.5 Å². The highest BCUT2D eigenvalue weighted by molar-refractivity contribution is 8.26. The summed E-state index contributed by atoms with van der Waals surface area (Å²) >= 11 is 6.82. The van der Waals surface area contributed by atoms with Crippen molar-refractivity contribution in [1.82, 2.24) is 14.3 Å². The van der Waals surface area contributed by atoms with Gasteiger partial charge in [-0.3, -0.25) is 18.9 Å². The molecule has 0 atom stereocenters. The number of hydrogen-bond donors (Lipinski definition) is 0. The lowest BCUT2D eigenvalue weighted by molar-refractivity contribution is -0.123. The number of amides is 1. The molecule has 5 rings (SSSR count). The lowest BCUT2D eigenvalue weighted by Gasteiger charge is -2.22. The van der Waals surface area contributed by atoms with Crippen LogP contribution in [0.15, 0.2) is 34.1 Å². The third-order valence-electron chi connectivity index (χ3n) is 5.94. The van der Waals surface area contributed by atoms with E-state index in [4.69, 9.17) is 17.2 Å². The zero-order valence-electron chi connectivity index (χ0n) is 16.0. The van der Waals surface area contributed by atoms with E-state index in [1.54, 1.807) is 21.6 Å². The second-order valence-corrected chi connectivity index (χ2v) is 9.44. The van der Waals surface area contributed by atoms with Gasteiger partial charge in [-0.1, -0.05) is 42.9 Å². The zero-order chi connectivity index (χ0) is 20.0. The fourth-order valence-electron chi connectivity index (χ4n) is 4.48. The monoisotopic (exact) mass is 426 g/mol. The number of hydrogen-bond acceptors (Lipinski definition) is 6. The molecule has 6 nitrogen and oxygen atoms in total. The molecule has 2 aliphatic heterocycles. The van der Waals surface area contributed by atoms with Crippen molar-refractivity contribution in [2.45, 2.75) is 44.6 Å². The largest absolute Gasteiger partial charge is 0.356 e. The Hall–Kier alpha value is -2.19. The van der Waals surface area contributed by atoms with Crippen molar-refractivity contribution in [2.24, 2.45) is 0 Å². The summed E-state index contributed by atoms with van der Waals surface area (Å²) in [6.07, 6.45) is 9.87. The molecule has 0 spiro atoms. The van der Waals surface area contributed by atoms with E-state index in [0.29, 0.717) is 26.3 Å². The van der Waals surface area contributed by atoms with Crippen molar-refractivity contribution in [1.29, 1.82) is 0 Å². The van der Waals surface area contributed by atoms with Gasteiger partial charge in [0.2, 0.25) is 0 Å². The first-order valence-electron chi connectivity index (χ1n) is 10.2. The van der Waals surface area contributed by atoms with Crippen LogP contribution < -0.4 is 10.5 Å². The van der Waals surface area contributed by atoms with E-state index in [0.717, 1.165) is 51.6 Å². The summed E-state index contributed by atoms with van der Waals surface area (Å²) in [6, 6.07) is 5.73. The van der Waals surface area contributed by atoms with Crippen LogP contribution in [0, 0.1) is 0 Å². The molecule has 2 aromatic heterocycles. The fourth-order valence-corrected chi connectivity index (χ4v) is 5.86. The van der Waals surface area contributed by atoms with Gasteiger partial charge in [0.1, 0.15) is 15.8 Å². The van der Waals surface area contributed by atoms with E-state index in [1.165, 1.54) is 11.8 Å². The minimum atomic E-state index is -0.149. The number of nitrogens with zero attached hydrogens (tertiary/aromatic N) is 4. The Balaban J connectivity index is 1.61. The Morgan fingerprint density at radius 1 is 1.10 bits per heavy atom. The summed E-state index contributed by atoms with van der Waals surface area (Å²) in [4.78, 5) is 35.6. The number of aromatic nitrogens is 2. The van der Waals surface area contributed by atoms with Crippen molar-refractivity contribution >= 4 is 51.7 Å². The zero-order valence-corrected chi connectivity index (χ0v) is 17.7. The summed E-state index contributed by atoms with van der Waals surface area (Å²) in [5.74, 6) is 0.599. The SMILES string of the molecule is O=C1C(=Cc2c(N3CCCC3)nc3ccccn3c2=O)SC(=S)N1C1CCCC1. The van der Waals surface area contributed by atoms with Crippen LogP contribution >= 0.6 is 24.0 Å². The highest BCUT2D eigenvalue weighted by atomic mass is 32.2. The summed E-state index contributed by atoms with van der Waals surface area (Å²) in [5.41, 5.74) is 0.946. The maximum absolute atomic E-state index is 13.3. The first kappa shape index (κ1) is 18.8. The van der Waals surface area contributed by atoms with Crippen molar-refractivity contribution in [3.05, 3.63) is 45.2 Å². The number of carbonyl (C=O) groups is 1. The van der Waals surface area contributed by atoms with E-state index in [1.807, 2.05) is 18.2 Å². The van der Waals surface area contributed by atoms with Crippen molar-refractivity contribution < 1.29 is 4.79 Å². The molecule has 1 aliphatic carbocycles. The van der Waals surface area contributed by atoms with Crippen LogP contribution in [0.25, 0.3) is 11.7 Å². The van der Waals surface area contributed by atoms with Crippen molar-refractivity contribution in [3.8, 4) is 0 Å². The number of thiocarbonyl (C=S) groups is 1. The Bertz CT molecular complexity index is 1080. The normalized spacial score (nSPS) is 22.0. The van der Waals surface area contributed by atoms with Crippen molar-refractivity contribution in [3.63, 3.8) is 0 Å². The number of carbonyl (C=O) groups excluding carboxylic acids is 1. The molecule has 29 heavy (non-hydrogen) atoms. The van der Waals surface area contributed by atoms with E-state index in [-0.39, 0.29) is 17.5 Å². The summed E-state index contributed by atoms with van der Waals surface area (Å²) < 4.78 is 2.15. The fraction of sp³-hybridized carbons (Fsp3) is 0.429. The predicted molar refractivity (Wildman–Crippen MR) is 120 cm³/mol. The molecule has 1 amide bonds. The quantitative estimate of drug-likeness (QED) is 0.554. The van der Waals surface area contributed by atoms with Gasteiger partial charge in [0, 0.05) is 25.3 Å². The molecule has 1 saturated carbocycles. The molecular formula is C21H22N4O2S2. The summed E-state index contributed by atoms with van der Waals surface area (Å²) in [7, 11) is 0. The number of fused-ring (bicyclic) bond motifs is 1. The molecular weight excluding hydrogens is 404 g/mol. The molecule has 150 valence electrons. The van der Waals surface area contributed by atoms with Crippen LogP contribution in [0.2, 0.25) is 0 Å². The number of pyridine rings is 1. The Morgan fingerprint density at radius 3 is 2.62 bits per heavy atom. The molecule has 4 heterocycles. The van der Waals surface area contributed by atoms with Gasteiger partial charge in [-0.05, 0) is 43.9 Å². The molecule has 2 aromatic rings. The molecule has 0 unspecified atom stereocenters. The van der Waals surface area contributed by atoms with Crippen LogP contribution in [-0.2, 0) is 4.79 Å². The average Bonchev–Trinajstić information content (AvgIpc) is 3.47. The Labute approximate surface area is 178 Å². The van der Waals surface area contributed by atoms with E-state index < -0.39 is 0 Å². The highest BCUT2D eigenvalue weighted by Crippen LogP contribution is 2.38. The van der Waals surface area contributed by atoms with Gasteiger partial charge >= 0.3 is 0 Å². The van der Waals surface area contributed by atoms with Crippen LogP contribution in [0.3, 0.4) is 0 Å². The number of thioether (sulfide) groups is 1. The molecule has 0 aromatic carbocycles. The molecule has 0 N–H and O–H groups in total. The molecule has 2 saturated heterocycles. The lowest BCUT2D eigenvalue weighted by Crippen LogP contribution is -2.36. The Morgan fingerprint density at radius 2 is 1.86 bits per heavy atom. The third-order valence-corrected chi connectivity index (χ3v) is 7.27. The standard InChI is InChI=1S/C21H22N4O2S2/c26-19-15(13-16-20(27)25(21(28)29-16)14-7-1-2-8-14)18(23-10-5-6-11-23)22-17-9-3-4-12-24(17)19/h3-4,9,12-14H,1-2,5-8,10-11H2. The predicted octanol–water partition coefficient (Wildman–Crippen LogP) is 3.44. The topological polar surface area (TPSA) is 57.9 Å². The van der Waals surface area contributed by atoms with Crippen LogP contribution in [0.1, 0.15) is 44.1 Å². The van der Waals surface area contributed by atoms with Crippen molar-refractivity contribution in [2.75, 3.05) is 18.0 Å². The minimum Gasteiger partial charge on any atom is -0.356 e. The maximum Gasteiger partial charge on any atom is 0.267 e. The van der Waals surface area contributed by atoms with E-state index >= 15 is 0 Å².